The number of anilines is 1. The van der Waals surface area contributed by atoms with Crippen LogP contribution in [0.25, 0.3) is 0 Å². The van der Waals surface area contributed by atoms with Gasteiger partial charge in [-0.05, 0) is 48.4 Å². The van der Waals surface area contributed by atoms with Gasteiger partial charge in [-0.2, -0.15) is 5.10 Å². The van der Waals surface area contributed by atoms with Crippen molar-refractivity contribution in [2.75, 3.05) is 5.32 Å². The van der Waals surface area contributed by atoms with E-state index in [0.29, 0.717) is 12.1 Å². The molecule has 0 aromatic heterocycles. The molecule has 0 radical (unpaired) electrons. The molecule has 2 aromatic rings. The normalized spacial score (nSPS) is 11.0. The topological polar surface area (TPSA) is 73.7 Å². The van der Waals surface area contributed by atoms with Crippen LogP contribution in [0, 0.1) is 0 Å². The molecule has 2 rings (SSSR count). The molecular formula is C16H17N3O2. The number of para-hydroxylation sites is 1. The minimum atomic E-state index is -0.397. The van der Waals surface area contributed by atoms with Crippen LogP contribution in [0.5, 0.6) is 5.75 Å². The number of benzene rings is 2. The molecule has 0 aliphatic rings. The van der Waals surface area contributed by atoms with Crippen LogP contribution in [0.4, 0.5) is 10.5 Å². The molecule has 5 heteroatoms. The zero-order chi connectivity index (χ0) is 15.1. The Hall–Kier alpha value is -2.82. The van der Waals surface area contributed by atoms with E-state index in [-0.39, 0.29) is 5.75 Å². The van der Waals surface area contributed by atoms with Crippen molar-refractivity contribution in [2.45, 2.75) is 13.3 Å². The Morgan fingerprint density at radius 2 is 1.76 bits per heavy atom. The summed E-state index contributed by atoms with van der Waals surface area (Å²) in [6.45, 7) is 1.95. The molecule has 0 bridgehead atoms. The number of aromatic hydroxyl groups is 1. The lowest BCUT2D eigenvalue weighted by atomic mass is 10.1. The second kappa shape index (κ2) is 7.09. The maximum atomic E-state index is 11.7. The quantitative estimate of drug-likeness (QED) is 0.595. The van der Waals surface area contributed by atoms with E-state index in [9.17, 15) is 9.90 Å². The average Bonchev–Trinajstić information content (AvgIpc) is 2.50. The highest BCUT2D eigenvalue weighted by atomic mass is 16.3. The zero-order valence-corrected chi connectivity index (χ0v) is 11.7. The van der Waals surface area contributed by atoms with Crippen LogP contribution in [0.1, 0.15) is 18.9 Å². The third kappa shape index (κ3) is 4.35. The van der Waals surface area contributed by atoms with Gasteiger partial charge in [0.05, 0.1) is 5.71 Å². The van der Waals surface area contributed by atoms with E-state index in [4.69, 9.17) is 0 Å². The maximum Gasteiger partial charge on any atom is 0.339 e. The first-order chi connectivity index (χ1) is 10.2. The van der Waals surface area contributed by atoms with Gasteiger partial charge in [0.25, 0.3) is 0 Å². The first-order valence-electron chi connectivity index (χ1n) is 6.67. The lowest BCUT2D eigenvalue weighted by Gasteiger charge is -2.07. The molecule has 21 heavy (non-hydrogen) atoms. The Morgan fingerprint density at radius 3 is 2.38 bits per heavy atom. The van der Waals surface area contributed by atoms with Gasteiger partial charge >= 0.3 is 6.03 Å². The first-order valence-corrected chi connectivity index (χ1v) is 6.67. The molecular weight excluding hydrogens is 266 g/mol. The van der Waals surface area contributed by atoms with E-state index in [1.54, 1.807) is 36.4 Å². The highest BCUT2D eigenvalue weighted by Crippen LogP contribution is 2.11. The van der Waals surface area contributed by atoms with Crippen molar-refractivity contribution in [3.05, 3.63) is 60.2 Å². The summed E-state index contributed by atoms with van der Waals surface area (Å²) in [5.41, 5.74) is 4.76. The van der Waals surface area contributed by atoms with Gasteiger partial charge in [-0.25, -0.2) is 10.2 Å². The van der Waals surface area contributed by atoms with Crippen molar-refractivity contribution < 1.29 is 9.90 Å². The fourth-order valence-electron chi connectivity index (χ4n) is 1.80. The second-order valence-electron chi connectivity index (χ2n) is 4.39. The molecule has 2 amide bonds. The van der Waals surface area contributed by atoms with E-state index < -0.39 is 6.03 Å². The number of phenolic OH excluding ortho intramolecular Hbond substituents is 1. The van der Waals surface area contributed by atoms with Crippen LogP contribution in [0.2, 0.25) is 0 Å². The highest BCUT2D eigenvalue weighted by molar-refractivity contribution is 6.01. The Morgan fingerprint density at radius 1 is 1.10 bits per heavy atom. The smallest absolute Gasteiger partial charge is 0.339 e. The minimum Gasteiger partial charge on any atom is -0.508 e. The number of carbonyl (C=O) groups is 1. The van der Waals surface area contributed by atoms with E-state index in [2.05, 4.69) is 15.8 Å². The summed E-state index contributed by atoms with van der Waals surface area (Å²) in [6.07, 6.45) is 0.663. The van der Waals surface area contributed by atoms with Crippen molar-refractivity contribution >= 4 is 17.4 Å². The number of nitrogens with one attached hydrogen (secondary N) is 2. The molecule has 0 heterocycles. The molecule has 2 aromatic carbocycles. The number of hydrogen-bond acceptors (Lipinski definition) is 3. The fourth-order valence-corrected chi connectivity index (χ4v) is 1.80. The summed E-state index contributed by atoms with van der Waals surface area (Å²) in [6, 6.07) is 15.4. The van der Waals surface area contributed by atoms with Crippen molar-refractivity contribution in [3.63, 3.8) is 0 Å². The predicted molar refractivity (Wildman–Crippen MR) is 83.5 cm³/mol. The van der Waals surface area contributed by atoms with Crippen LogP contribution >= 0.6 is 0 Å². The first kappa shape index (κ1) is 14.6. The summed E-state index contributed by atoms with van der Waals surface area (Å²) < 4.78 is 0. The van der Waals surface area contributed by atoms with Gasteiger partial charge in [0.15, 0.2) is 0 Å². The molecule has 0 aliphatic heterocycles. The van der Waals surface area contributed by atoms with Crippen LogP contribution in [0.3, 0.4) is 0 Å². The number of hydrazone groups is 1. The van der Waals surface area contributed by atoms with Crippen molar-refractivity contribution in [3.8, 4) is 5.75 Å². The molecule has 5 nitrogen and oxygen atoms in total. The average molecular weight is 283 g/mol. The van der Waals surface area contributed by atoms with Crippen LogP contribution < -0.4 is 10.7 Å². The molecule has 0 fully saturated rings. The molecule has 108 valence electrons. The molecule has 0 saturated heterocycles. The summed E-state index contributed by atoms with van der Waals surface area (Å²) in [4.78, 5) is 11.7. The van der Waals surface area contributed by atoms with E-state index >= 15 is 0 Å². The Bertz CT molecular complexity index is 622. The summed E-state index contributed by atoms with van der Waals surface area (Å²) in [5, 5.41) is 16.1. The number of nitrogens with zero attached hydrogens (tertiary/aromatic N) is 1. The highest BCUT2D eigenvalue weighted by Gasteiger charge is 2.04. The number of urea groups is 1. The van der Waals surface area contributed by atoms with Gasteiger partial charge in [0, 0.05) is 5.69 Å². The Balaban J connectivity index is 2.00. The van der Waals surface area contributed by atoms with Crippen LogP contribution in [-0.2, 0) is 0 Å². The SMILES string of the molecule is CCC(=NNC(=O)Nc1ccccc1)c1ccc(O)cc1. The number of amides is 2. The van der Waals surface area contributed by atoms with Gasteiger partial charge in [-0.3, -0.25) is 0 Å². The monoisotopic (exact) mass is 283 g/mol. The van der Waals surface area contributed by atoms with E-state index in [0.717, 1.165) is 11.3 Å². The third-order valence-electron chi connectivity index (χ3n) is 2.86. The largest absolute Gasteiger partial charge is 0.508 e. The molecule has 0 spiro atoms. The van der Waals surface area contributed by atoms with Gasteiger partial charge in [0.1, 0.15) is 5.75 Å². The zero-order valence-electron chi connectivity index (χ0n) is 11.7. The standard InChI is InChI=1S/C16H17N3O2/c1-2-15(12-8-10-14(20)11-9-12)18-19-16(21)17-13-6-4-3-5-7-13/h3-11,20H,2H2,1H3,(H2,17,19,21). The van der Waals surface area contributed by atoms with Gasteiger partial charge in [0.2, 0.25) is 0 Å². The summed E-state index contributed by atoms with van der Waals surface area (Å²) in [5.74, 6) is 0.198. The van der Waals surface area contributed by atoms with E-state index in [1.165, 1.54) is 0 Å². The van der Waals surface area contributed by atoms with Gasteiger partial charge < -0.3 is 10.4 Å². The van der Waals surface area contributed by atoms with Gasteiger partial charge in [-0.1, -0.05) is 25.1 Å². The number of hydrogen-bond donors (Lipinski definition) is 3. The molecule has 0 aliphatic carbocycles. The minimum absolute atomic E-state index is 0.198. The lowest BCUT2D eigenvalue weighted by Crippen LogP contribution is -2.25. The van der Waals surface area contributed by atoms with Crippen molar-refractivity contribution in [1.82, 2.24) is 5.43 Å². The number of carbonyl (C=O) groups excluding carboxylic acids is 1. The number of phenols is 1. The van der Waals surface area contributed by atoms with Crippen LogP contribution in [-0.4, -0.2) is 16.8 Å². The van der Waals surface area contributed by atoms with Gasteiger partial charge in [-0.15, -0.1) is 0 Å². The summed E-state index contributed by atoms with van der Waals surface area (Å²) >= 11 is 0. The fraction of sp³-hybridized carbons (Fsp3) is 0.125. The van der Waals surface area contributed by atoms with Crippen molar-refractivity contribution in [2.24, 2.45) is 5.10 Å². The molecule has 0 atom stereocenters. The molecule has 0 unspecified atom stereocenters. The van der Waals surface area contributed by atoms with Crippen LogP contribution in [0.15, 0.2) is 59.7 Å². The van der Waals surface area contributed by atoms with Crippen molar-refractivity contribution in [1.29, 1.82) is 0 Å². The lowest BCUT2D eigenvalue weighted by molar-refractivity contribution is 0.252. The number of rotatable bonds is 4. The maximum absolute atomic E-state index is 11.7. The Kier molecular flexibility index (Phi) is 4.93. The Labute approximate surface area is 123 Å². The molecule has 0 saturated carbocycles. The van der Waals surface area contributed by atoms with E-state index in [1.807, 2.05) is 25.1 Å². The summed E-state index contributed by atoms with van der Waals surface area (Å²) in [7, 11) is 0. The molecule has 3 N–H and O–H groups in total. The second-order valence-corrected chi connectivity index (χ2v) is 4.39. The predicted octanol–water partition coefficient (Wildman–Crippen LogP) is 3.33. The third-order valence-corrected chi connectivity index (χ3v) is 2.86.